The first-order chi connectivity index (χ1) is 11.6. The smallest absolute Gasteiger partial charge is 0.181 e. The molecular weight excluding hydrogens is 305 g/mol. The maximum absolute atomic E-state index is 13.0. The number of rotatable bonds is 6. The van der Waals surface area contributed by atoms with E-state index in [1.54, 1.807) is 0 Å². The Morgan fingerprint density at radius 3 is 2.62 bits per heavy atom. The van der Waals surface area contributed by atoms with E-state index >= 15 is 0 Å². The van der Waals surface area contributed by atoms with E-state index < -0.39 is 0 Å². The Hall–Kier alpha value is -1.72. The first-order valence-electron chi connectivity index (χ1n) is 8.74. The summed E-state index contributed by atoms with van der Waals surface area (Å²) in [5.74, 6) is 1.17. The van der Waals surface area contributed by atoms with Gasteiger partial charge in [0, 0.05) is 25.0 Å². The van der Waals surface area contributed by atoms with Crippen LogP contribution in [0.3, 0.4) is 0 Å². The average molecular weight is 331 g/mol. The van der Waals surface area contributed by atoms with Crippen LogP contribution in [0.1, 0.15) is 49.6 Å². The molecule has 0 atom stereocenters. The van der Waals surface area contributed by atoms with Gasteiger partial charge < -0.3 is 9.73 Å². The van der Waals surface area contributed by atoms with Crippen LogP contribution in [0.2, 0.25) is 0 Å². The zero-order valence-electron chi connectivity index (χ0n) is 14.5. The number of piperidine rings is 1. The van der Waals surface area contributed by atoms with Crippen LogP contribution < -0.4 is 5.32 Å². The Bertz CT molecular complexity index is 630. The molecule has 1 fully saturated rings. The number of nitrogens with one attached hydrogen (secondary N) is 1. The summed E-state index contributed by atoms with van der Waals surface area (Å²) < 4.78 is 18.4. The van der Waals surface area contributed by atoms with Crippen molar-refractivity contribution in [2.24, 2.45) is 0 Å². The standard InChI is InChI=1S/C19H26FN3O/c1-14(2)19-18(22-13-24-19)11-21-17-7-9-23(10-8-17)12-15-3-5-16(20)6-4-15/h3-6,13-14,17,21H,7-12H2,1-2H3. The molecular formula is C19H26FN3O. The van der Waals surface area contributed by atoms with Crippen molar-refractivity contribution < 1.29 is 8.81 Å². The summed E-state index contributed by atoms with van der Waals surface area (Å²) >= 11 is 0. The van der Waals surface area contributed by atoms with Crippen molar-refractivity contribution in [1.29, 1.82) is 0 Å². The largest absolute Gasteiger partial charge is 0.448 e. The van der Waals surface area contributed by atoms with Crippen LogP contribution in [-0.2, 0) is 13.1 Å². The zero-order valence-corrected chi connectivity index (χ0v) is 14.5. The van der Waals surface area contributed by atoms with Gasteiger partial charge in [0.1, 0.15) is 11.6 Å². The third-order valence-corrected chi connectivity index (χ3v) is 4.66. The van der Waals surface area contributed by atoms with Gasteiger partial charge in [-0.1, -0.05) is 26.0 Å². The lowest BCUT2D eigenvalue weighted by atomic mass is 10.0. The predicted molar refractivity (Wildman–Crippen MR) is 92.1 cm³/mol. The molecule has 0 saturated carbocycles. The van der Waals surface area contributed by atoms with Crippen LogP contribution >= 0.6 is 0 Å². The third kappa shape index (κ3) is 4.42. The number of likely N-dealkylation sites (tertiary alicyclic amines) is 1. The second-order valence-corrected chi connectivity index (χ2v) is 6.88. The number of hydrogen-bond donors (Lipinski definition) is 1. The SMILES string of the molecule is CC(C)c1ocnc1CNC1CCN(Cc2ccc(F)cc2)CC1. The Balaban J connectivity index is 1.43. The van der Waals surface area contributed by atoms with Gasteiger partial charge in [0.25, 0.3) is 0 Å². The molecule has 4 nitrogen and oxygen atoms in total. The van der Waals surface area contributed by atoms with Crippen LogP contribution in [0.4, 0.5) is 4.39 Å². The fourth-order valence-corrected chi connectivity index (χ4v) is 3.26. The van der Waals surface area contributed by atoms with Crippen molar-refractivity contribution in [3.63, 3.8) is 0 Å². The summed E-state index contributed by atoms with van der Waals surface area (Å²) in [6.45, 7) is 8.03. The van der Waals surface area contributed by atoms with E-state index in [0.29, 0.717) is 12.0 Å². The van der Waals surface area contributed by atoms with Gasteiger partial charge in [0.05, 0.1) is 5.69 Å². The second kappa shape index (κ2) is 7.90. The maximum atomic E-state index is 13.0. The first-order valence-corrected chi connectivity index (χ1v) is 8.74. The first kappa shape index (κ1) is 17.1. The second-order valence-electron chi connectivity index (χ2n) is 6.88. The summed E-state index contributed by atoms with van der Waals surface area (Å²) in [5.41, 5.74) is 2.20. The van der Waals surface area contributed by atoms with Gasteiger partial charge >= 0.3 is 0 Å². The molecule has 1 N–H and O–H groups in total. The van der Waals surface area contributed by atoms with Gasteiger partial charge in [0.15, 0.2) is 6.39 Å². The fraction of sp³-hybridized carbons (Fsp3) is 0.526. The third-order valence-electron chi connectivity index (χ3n) is 4.66. The van der Waals surface area contributed by atoms with E-state index in [0.717, 1.165) is 50.5 Å². The number of oxazole rings is 1. The van der Waals surface area contributed by atoms with Gasteiger partial charge in [-0.2, -0.15) is 0 Å². The van der Waals surface area contributed by atoms with Gasteiger partial charge in [0.2, 0.25) is 0 Å². The summed E-state index contributed by atoms with van der Waals surface area (Å²) in [5, 5.41) is 3.61. The van der Waals surface area contributed by atoms with Crippen molar-refractivity contribution in [2.75, 3.05) is 13.1 Å². The number of benzene rings is 1. The van der Waals surface area contributed by atoms with Crippen molar-refractivity contribution in [1.82, 2.24) is 15.2 Å². The summed E-state index contributed by atoms with van der Waals surface area (Å²) in [4.78, 5) is 6.76. The molecule has 0 amide bonds. The highest BCUT2D eigenvalue weighted by Gasteiger charge is 2.20. The molecule has 0 bridgehead atoms. The average Bonchev–Trinajstić information content (AvgIpc) is 3.05. The molecule has 1 aliphatic heterocycles. The van der Waals surface area contributed by atoms with Crippen LogP contribution in [-0.4, -0.2) is 29.0 Å². The number of aromatic nitrogens is 1. The number of halogens is 1. The Kier molecular flexibility index (Phi) is 5.63. The van der Waals surface area contributed by atoms with Crippen LogP contribution in [0, 0.1) is 5.82 Å². The van der Waals surface area contributed by atoms with Crippen molar-refractivity contribution >= 4 is 0 Å². The molecule has 0 spiro atoms. The molecule has 1 aliphatic rings. The van der Waals surface area contributed by atoms with Gasteiger partial charge in [-0.15, -0.1) is 0 Å². The highest BCUT2D eigenvalue weighted by atomic mass is 19.1. The summed E-state index contributed by atoms with van der Waals surface area (Å²) in [7, 11) is 0. The van der Waals surface area contributed by atoms with Gasteiger partial charge in [-0.3, -0.25) is 4.90 Å². The van der Waals surface area contributed by atoms with E-state index in [9.17, 15) is 4.39 Å². The van der Waals surface area contributed by atoms with E-state index in [1.165, 1.54) is 24.1 Å². The Morgan fingerprint density at radius 1 is 1.25 bits per heavy atom. The molecule has 0 aliphatic carbocycles. The van der Waals surface area contributed by atoms with Crippen LogP contribution in [0.5, 0.6) is 0 Å². The van der Waals surface area contributed by atoms with E-state index in [1.807, 2.05) is 12.1 Å². The lowest BCUT2D eigenvalue weighted by molar-refractivity contribution is 0.189. The van der Waals surface area contributed by atoms with Crippen LogP contribution in [0.25, 0.3) is 0 Å². The molecule has 130 valence electrons. The molecule has 24 heavy (non-hydrogen) atoms. The van der Waals surface area contributed by atoms with E-state index in [-0.39, 0.29) is 5.82 Å². The monoisotopic (exact) mass is 331 g/mol. The number of nitrogens with zero attached hydrogens (tertiary/aromatic N) is 2. The predicted octanol–water partition coefficient (Wildman–Crippen LogP) is 3.69. The lowest BCUT2D eigenvalue weighted by Crippen LogP contribution is -2.42. The molecule has 1 aromatic heterocycles. The highest BCUT2D eigenvalue weighted by Crippen LogP contribution is 2.19. The molecule has 3 rings (SSSR count). The minimum absolute atomic E-state index is 0.171. The fourth-order valence-electron chi connectivity index (χ4n) is 3.26. The van der Waals surface area contributed by atoms with E-state index in [4.69, 9.17) is 4.42 Å². The van der Waals surface area contributed by atoms with E-state index in [2.05, 4.69) is 29.0 Å². The zero-order chi connectivity index (χ0) is 16.9. The topological polar surface area (TPSA) is 41.3 Å². The summed E-state index contributed by atoms with van der Waals surface area (Å²) in [6, 6.07) is 7.34. The molecule has 0 radical (unpaired) electrons. The molecule has 2 aromatic rings. The molecule has 1 saturated heterocycles. The Morgan fingerprint density at radius 2 is 1.96 bits per heavy atom. The van der Waals surface area contributed by atoms with Crippen molar-refractivity contribution in [3.05, 3.63) is 53.5 Å². The number of hydrogen-bond acceptors (Lipinski definition) is 4. The Labute approximate surface area is 143 Å². The minimum Gasteiger partial charge on any atom is -0.448 e. The quantitative estimate of drug-likeness (QED) is 0.876. The highest BCUT2D eigenvalue weighted by molar-refractivity contribution is 5.16. The lowest BCUT2D eigenvalue weighted by Gasteiger charge is -2.32. The molecule has 2 heterocycles. The van der Waals surface area contributed by atoms with Crippen molar-refractivity contribution in [3.8, 4) is 0 Å². The molecule has 1 aromatic carbocycles. The van der Waals surface area contributed by atoms with Crippen molar-refractivity contribution in [2.45, 2.75) is 51.7 Å². The van der Waals surface area contributed by atoms with Gasteiger partial charge in [-0.25, -0.2) is 9.37 Å². The molecule has 5 heteroatoms. The molecule has 0 unspecified atom stereocenters. The van der Waals surface area contributed by atoms with Gasteiger partial charge in [-0.05, 0) is 43.6 Å². The minimum atomic E-state index is -0.171. The summed E-state index contributed by atoms with van der Waals surface area (Å²) in [6.07, 6.45) is 3.78. The van der Waals surface area contributed by atoms with Crippen LogP contribution in [0.15, 0.2) is 35.1 Å². The maximum Gasteiger partial charge on any atom is 0.181 e. The normalized spacial score (nSPS) is 16.8.